The van der Waals surface area contributed by atoms with Crippen LogP contribution in [0, 0.1) is 11.8 Å². The lowest BCUT2D eigenvalue weighted by Gasteiger charge is -2.31. The van der Waals surface area contributed by atoms with Crippen LogP contribution in [0.15, 0.2) is 36.5 Å². The van der Waals surface area contributed by atoms with Crippen LogP contribution >= 0.6 is 0 Å². The van der Waals surface area contributed by atoms with E-state index in [2.05, 4.69) is 69.1 Å². The van der Waals surface area contributed by atoms with Crippen LogP contribution in [0.25, 0.3) is 0 Å². The molecule has 0 amide bonds. The van der Waals surface area contributed by atoms with Crippen LogP contribution in [-0.2, 0) is 47.5 Å². The van der Waals surface area contributed by atoms with Crippen LogP contribution in [0.5, 0.6) is 0 Å². The molecule has 0 aromatic rings. The van der Waals surface area contributed by atoms with Gasteiger partial charge in [0.2, 0.25) is 0 Å². The first kappa shape index (κ1) is 55.8. The molecule has 0 aromatic carbocycles. The summed E-state index contributed by atoms with van der Waals surface area (Å²) in [6, 6.07) is 0. The molecule has 0 bridgehead atoms. The molecule has 2 unspecified atom stereocenters. The zero-order chi connectivity index (χ0) is 44.4. The quantitative estimate of drug-likeness (QED) is 0.0191. The van der Waals surface area contributed by atoms with E-state index in [-0.39, 0.29) is 57.1 Å². The zero-order valence-corrected chi connectivity index (χ0v) is 38.8. The van der Waals surface area contributed by atoms with Crippen molar-refractivity contribution in [1.82, 2.24) is 4.90 Å². The Labute approximate surface area is 369 Å². The smallest absolute Gasteiger partial charge is 0.465 e. The fourth-order valence-corrected chi connectivity index (χ4v) is 6.64. The number of hydrogen-bond donors (Lipinski definition) is 0. The van der Waals surface area contributed by atoms with Crippen molar-refractivity contribution in [2.75, 3.05) is 65.9 Å². The Morgan fingerprint density at radius 1 is 0.574 bits per heavy atom. The highest BCUT2D eigenvalue weighted by Crippen LogP contribution is 2.17. The van der Waals surface area contributed by atoms with Crippen LogP contribution in [-0.4, -0.2) is 101 Å². The van der Waals surface area contributed by atoms with E-state index in [1.165, 1.54) is 12.8 Å². The van der Waals surface area contributed by atoms with E-state index in [4.69, 9.17) is 33.2 Å². The molecule has 1 saturated heterocycles. The van der Waals surface area contributed by atoms with Crippen molar-refractivity contribution in [3.8, 4) is 0 Å². The lowest BCUT2D eigenvalue weighted by atomic mass is 9.99. The number of allylic oxidation sites excluding steroid dienone is 5. The van der Waals surface area contributed by atoms with Gasteiger partial charge in [0.1, 0.15) is 19.8 Å². The van der Waals surface area contributed by atoms with E-state index in [0.717, 1.165) is 110 Å². The molecule has 61 heavy (non-hydrogen) atoms. The molecule has 1 rings (SSSR count). The van der Waals surface area contributed by atoms with Crippen LogP contribution < -0.4 is 0 Å². The highest BCUT2D eigenvalue weighted by Gasteiger charge is 2.23. The van der Waals surface area contributed by atoms with Gasteiger partial charge in [-0.15, -0.1) is 0 Å². The predicted octanol–water partition coefficient (Wildman–Crippen LogP) is 11.0. The van der Waals surface area contributed by atoms with Crippen molar-refractivity contribution < 1.29 is 52.3 Å². The maximum atomic E-state index is 13.0. The number of hydrogen-bond acceptors (Lipinski definition) is 12. The fourth-order valence-electron chi connectivity index (χ4n) is 6.64. The molecule has 12 nitrogen and oxygen atoms in total. The molecule has 0 radical (unpaired) electrons. The number of likely N-dealkylation sites (tertiary alicyclic amines) is 1. The number of rotatable bonds is 39. The summed E-state index contributed by atoms with van der Waals surface area (Å²) < 4.78 is 39.4. The molecule has 0 saturated carbocycles. The SMILES string of the molecule is CC/C=C\CCCCOC(CCC(=O)OCC(COC(=O)CCCCCCC(=O)OCC/C=C\CCCC)COC(=O)OCC1CCCN(CC)C1)OCCCC/C=C\CC. The summed E-state index contributed by atoms with van der Waals surface area (Å²) in [5, 5.41) is 0. The van der Waals surface area contributed by atoms with Crippen molar-refractivity contribution >= 4 is 24.1 Å². The fraction of sp³-hybridized carbons (Fsp3) is 0.796. The van der Waals surface area contributed by atoms with E-state index < -0.39 is 24.3 Å². The van der Waals surface area contributed by atoms with Gasteiger partial charge in [-0.2, -0.15) is 0 Å². The van der Waals surface area contributed by atoms with Gasteiger partial charge in [0.05, 0.1) is 25.6 Å². The number of piperidine rings is 1. The third kappa shape index (κ3) is 35.0. The Hall–Kier alpha value is -3.22. The summed E-state index contributed by atoms with van der Waals surface area (Å²) in [5.41, 5.74) is 0. The van der Waals surface area contributed by atoms with E-state index in [0.29, 0.717) is 45.5 Å². The normalized spacial score (nSPS) is 15.2. The largest absolute Gasteiger partial charge is 0.508 e. The second-order valence-electron chi connectivity index (χ2n) is 16.0. The summed E-state index contributed by atoms with van der Waals surface area (Å²) in [5.74, 6) is -1.34. The molecule has 0 N–H and O–H groups in total. The number of esters is 3. The highest BCUT2D eigenvalue weighted by atomic mass is 16.7. The van der Waals surface area contributed by atoms with Crippen molar-refractivity contribution in [3.05, 3.63) is 36.5 Å². The Morgan fingerprint density at radius 3 is 1.74 bits per heavy atom. The molecule has 1 aliphatic heterocycles. The Bertz CT molecular complexity index is 1170. The summed E-state index contributed by atoms with van der Waals surface area (Å²) in [4.78, 5) is 52.6. The van der Waals surface area contributed by atoms with Gasteiger partial charge in [-0.3, -0.25) is 14.4 Å². The molecule has 12 heteroatoms. The number of nitrogens with zero attached hydrogens (tertiary/aromatic N) is 1. The Morgan fingerprint density at radius 2 is 1.13 bits per heavy atom. The van der Waals surface area contributed by atoms with Crippen molar-refractivity contribution in [2.24, 2.45) is 11.8 Å². The first-order chi connectivity index (χ1) is 29.8. The Balaban J connectivity index is 2.58. The first-order valence-corrected chi connectivity index (χ1v) is 24.0. The van der Waals surface area contributed by atoms with Crippen LogP contribution in [0.4, 0.5) is 4.79 Å². The second kappa shape index (κ2) is 40.8. The molecule has 0 aromatic heterocycles. The molecule has 0 aliphatic carbocycles. The molecule has 352 valence electrons. The molecule has 1 heterocycles. The molecular formula is C49H85NO11. The Kier molecular flexibility index (Phi) is 37.3. The third-order valence-electron chi connectivity index (χ3n) is 10.4. The van der Waals surface area contributed by atoms with Gasteiger partial charge >= 0.3 is 24.1 Å². The second-order valence-corrected chi connectivity index (χ2v) is 16.0. The average Bonchev–Trinajstić information content (AvgIpc) is 3.27. The summed E-state index contributed by atoms with van der Waals surface area (Å²) in [6.45, 7) is 12.9. The van der Waals surface area contributed by atoms with Crippen molar-refractivity contribution in [1.29, 1.82) is 0 Å². The number of unbranched alkanes of at least 4 members (excludes halogenated alkanes) is 9. The predicted molar refractivity (Wildman–Crippen MR) is 241 cm³/mol. The minimum absolute atomic E-state index is 0.0805. The third-order valence-corrected chi connectivity index (χ3v) is 10.4. The summed E-state index contributed by atoms with van der Waals surface area (Å²) >= 11 is 0. The monoisotopic (exact) mass is 864 g/mol. The topological polar surface area (TPSA) is 136 Å². The minimum atomic E-state index is -0.792. The van der Waals surface area contributed by atoms with Crippen molar-refractivity contribution in [2.45, 2.75) is 175 Å². The van der Waals surface area contributed by atoms with E-state index >= 15 is 0 Å². The number of carbonyl (C=O) groups is 4. The van der Waals surface area contributed by atoms with Crippen molar-refractivity contribution in [3.63, 3.8) is 0 Å². The average molecular weight is 864 g/mol. The lowest BCUT2D eigenvalue weighted by Crippen LogP contribution is -2.37. The molecule has 2 atom stereocenters. The lowest BCUT2D eigenvalue weighted by molar-refractivity contribution is -0.161. The number of ether oxygens (including phenoxy) is 7. The van der Waals surface area contributed by atoms with E-state index in [1.807, 2.05) is 0 Å². The van der Waals surface area contributed by atoms with Gasteiger partial charge in [0.25, 0.3) is 0 Å². The molecule has 1 fully saturated rings. The van der Waals surface area contributed by atoms with Gasteiger partial charge in [-0.25, -0.2) is 4.79 Å². The van der Waals surface area contributed by atoms with Gasteiger partial charge in [0, 0.05) is 44.9 Å². The molecule has 1 aliphatic rings. The zero-order valence-electron chi connectivity index (χ0n) is 38.8. The maximum absolute atomic E-state index is 13.0. The van der Waals surface area contributed by atoms with Gasteiger partial charge in [0.15, 0.2) is 6.29 Å². The summed E-state index contributed by atoms with van der Waals surface area (Å²) in [7, 11) is 0. The maximum Gasteiger partial charge on any atom is 0.508 e. The van der Waals surface area contributed by atoms with Crippen LogP contribution in [0.1, 0.15) is 169 Å². The molecule has 0 spiro atoms. The standard InChI is InChI=1S/C49H85NO11/c1-5-9-12-15-20-25-35-55-45(51)30-23-18-19-24-31-46(52)58-40-44(42-61-49(54)60-39-43-29-28-34-50(8-4)38-43)41-59-47(53)32-33-48(56-36-26-21-16-13-10-6-2)57-37-27-22-17-14-11-7-3/h10-11,13-15,20,43-44,48H,5-9,12,16-19,21-42H2,1-4H3/b13-10-,14-11-,20-15-. The van der Waals surface area contributed by atoms with E-state index in [1.54, 1.807) is 0 Å². The van der Waals surface area contributed by atoms with Gasteiger partial charge in [-0.05, 0) is 103 Å². The van der Waals surface area contributed by atoms with Gasteiger partial charge in [-0.1, -0.05) is 89.8 Å². The van der Waals surface area contributed by atoms with Crippen LogP contribution in [0.2, 0.25) is 0 Å². The highest BCUT2D eigenvalue weighted by molar-refractivity contribution is 5.70. The van der Waals surface area contributed by atoms with Crippen LogP contribution in [0.3, 0.4) is 0 Å². The molecular weight excluding hydrogens is 779 g/mol. The van der Waals surface area contributed by atoms with E-state index in [9.17, 15) is 19.2 Å². The summed E-state index contributed by atoms with van der Waals surface area (Å²) in [6.07, 6.45) is 29.6. The van der Waals surface area contributed by atoms with Gasteiger partial charge < -0.3 is 38.1 Å². The number of carbonyl (C=O) groups excluding carboxylic acids is 4. The minimum Gasteiger partial charge on any atom is -0.465 e. The first-order valence-electron chi connectivity index (χ1n) is 24.0.